The molecule has 0 unspecified atom stereocenters. The first-order valence-electron chi connectivity index (χ1n) is 3.47. The summed E-state index contributed by atoms with van der Waals surface area (Å²) in [5.74, 6) is 5.27. The fraction of sp³-hybridized carbons (Fsp3) is 1.00. The number of unbranched alkanes of at least 4 members (excludes halogenated alkanes) is 2. The molecule has 0 rings (SSSR count). The zero-order chi connectivity index (χ0) is 7.82. The molecule has 4 heteroatoms. The van der Waals surface area contributed by atoms with Gasteiger partial charge in [0.2, 0.25) is 0 Å². The molecule has 0 amide bonds. The third kappa shape index (κ3) is 8.23. The average Bonchev–Trinajstić information content (AvgIpc) is 1.87. The Morgan fingerprint density at radius 2 is 2.10 bits per heavy atom. The van der Waals surface area contributed by atoms with Crippen molar-refractivity contribution in [3.63, 3.8) is 0 Å². The van der Waals surface area contributed by atoms with Gasteiger partial charge in [-0.05, 0) is 19.3 Å². The third-order valence-corrected chi connectivity index (χ3v) is 1.44. The van der Waals surface area contributed by atoms with Crippen LogP contribution in [-0.2, 0) is 4.74 Å². The molecule has 0 aliphatic carbocycles. The van der Waals surface area contributed by atoms with Crippen molar-refractivity contribution in [2.75, 3.05) is 20.3 Å². The highest BCUT2D eigenvalue weighted by atomic mass is 32.1. The summed E-state index contributed by atoms with van der Waals surface area (Å²) in [7, 11) is 1.72. The van der Waals surface area contributed by atoms with E-state index in [1.807, 2.05) is 0 Å². The van der Waals surface area contributed by atoms with Crippen molar-refractivity contribution in [1.82, 2.24) is 4.41 Å². The summed E-state index contributed by atoms with van der Waals surface area (Å²) in [5, 5.41) is 0. The number of rotatable bonds is 6. The van der Waals surface area contributed by atoms with Crippen molar-refractivity contribution in [2.45, 2.75) is 19.3 Å². The molecule has 0 aromatic rings. The van der Waals surface area contributed by atoms with Gasteiger partial charge >= 0.3 is 0 Å². The van der Waals surface area contributed by atoms with Gasteiger partial charge in [-0.1, -0.05) is 12.8 Å². The van der Waals surface area contributed by atoms with Gasteiger partial charge in [-0.25, -0.2) is 0 Å². The SMILES string of the molecule is COCCCCCN(N)S. The topological polar surface area (TPSA) is 38.5 Å². The summed E-state index contributed by atoms with van der Waals surface area (Å²) in [6.45, 7) is 1.68. The van der Waals surface area contributed by atoms with E-state index < -0.39 is 0 Å². The highest BCUT2D eigenvalue weighted by Crippen LogP contribution is 1.96. The van der Waals surface area contributed by atoms with E-state index in [2.05, 4.69) is 12.8 Å². The molecule has 0 bridgehead atoms. The monoisotopic (exact) mass is 164 g/mol. The first-order valence-corrected chi connectivity index (χ1v) is 3.87. The lowest BCUT2D eigenvalue weighted by atomic mass is 10.2. The van der Waals surface area contributed by atoms with Gasteiger partial charge in [-0.15, -0.1) is 0 Å². The quantitative estimate of drug-likeness (QED) is 0.264. The summed E-state index contributed by atoms with van der Waals surface area (Å²) in [4.78, 5) is 0. The predicted octanol–water partition coefficient (Wildman–Crippen LogP) is 0.824. The van der Waals surface area contributed by atoms with Crippen molar-refractivity contribution in [3.05, 3.63) is 0 Å². The molecule has 0 saturated carbocycles. The van der Waals surface area contributed by atoms with Gasteiger partial charge in [0.05, 0.1) is 0 Å². The Labute approximate surface area is 68.0 Å². The Morgan fingerprint density at radius 1 is 1.40 bits per heavy atom. The Morgan fingerprint density at radius 3 is 2.60 bits per heavy atom. The van der Waals surface area contributed by atoms with Crippen LogP contribution in [0.5, 0.6) is 0 Å². The number of hydrogen-bond donors (Lipinski definition) is 2. The largest absolute Gasteiger partial charge is 0.385 e. The zero-order valence-corrected chi connectivity index (χ0v) is 7.31. The number of hydrazine groups is 1. The van der Waals surface area contributed by atoms with E-state index in [9.17, 15) is 0 Å². The average molecular weight is 164 g/mol. The second-order valence-electron chi connectivity index (χ2n) is 2.22. The van der Waals surface area contributed by atoms with Crippen LogP contribution in [0.4, 0.5) is 0 Å². The Kier molecular flexibility index (Phi) is 7.51. The van der Waals surface area contributed by atoms with E-state index in [0.29, 0.717) is 0 Å². The highest BCUT2D eigenvalue weighted by Gasteiger charge is 1.91. The molecule has 0 aliphatic rings. The third-order valence-electron chi connectivity index (χ3n) is 1.24. The number of methoxy groups -OCH3 is 1. The number of nitrogens with two attached hydrogens (primary N) is 1. The van der Waals surface area contributed by atoms with Crippen molar-refractivity contribution >= 4 is 12.8 Å². The molecule has 62 valence electrons. The first-order chi connectivity index (χ1) is 4.77. The van der Waals surface area contributed by atoms with Gasteiger partial charge < -0.3 is 4.74 Å². The van der Waals surface area contributed by atoms with Crippen LogP contribution in [0.25, 0.3) is 0 Å². The van der Waals surface area contributed by atoms with Gasteiger partial charge in [0.15, 0.2) is 0 Å². The molecule has 2 N–H and O–H groups in total. The van der Waals surface area contributed by atoms with Crippen molar-refractivity contribution in [2.24, 2.45) is 5.84 Å². The lowest BCUT2D eigenvalue weighted by Gasteiger charge is -2.06. The second kappa shape index (κ2) is 7.34. The summed E-state index contributed by atoms with van der Waals surface area (Å²) >= 11 is 3.90. The van der Waals surface area contributed by atoms with E-state index in [4.69, 9.17) is 10.6 Å². The molecule has 10 heavy (non-hydrogen) atoms. The van der Waals surface area contributed by atoms with Crippen LogP contribution in [0.2, 0.25) is 0 Å². The van der Waals surface area contributed by atoms with Gasteiger partial charge in [0.1, 0.15) is 0 Å². The molecule has 0 spiro atoms. The second-order valence-corrected chi connectivity index (χ2v) is 2.73. The molecular weight excluding hydrogens is 148 g/mol. The molecule has 0 atom stereocenters. The Bertz CT molecular complexity index is 70.8. The van der Waals surface area contributed by atoms with Crippen LogP contribution < -0.4 is 5.84 Å². The van der Waals surface area contributed by atoms with Gasteiger partial charge in [0, 0.05) is 20.3 Å². The summed E-state index contributed by atoms with van der Waals surface area (Å²) < 4.78 is 6.29. The van der Waals surface area contributed by atoms with Crippen LogP contribution in [0, 0.1) is 0 Å². The zero-order valence-electron chi connectivity index (χ0n) is 6.42. The maximum atomic E-state index is 5.27. The minimum absolute atomic E-state index is 0.840. The maximum Gasteiger partial charge on any atom is 0.0462 e. The van der Waals surface area contributed by atoms with Crippen LogP contribution in [0.15, 0.2) is 0 Å². The van der Waals surface area contributed by atoms with Crippen molar-refractivity contribution < 1.29 is 4.74 Å². The summed E-state index contributed by atoms with van der Waals surface area (Å²) in [6, 6.07) is 0. The van der Waals surface area contributed by atoms with Crippen LogP contribution in [-0.4, -0.2) is 24.7 Å². The molecule has 0 heterocycles. The predicted molar refractivity (Wildman–Crippen MR) is 45.6 cm³/mol. The Balaban J connectivity index is 2.77. The van der Waals surface area contributed by atoms with Crippen molar-refractivity contribution in [1.29, 1.82) is 0 Å². The minimum Gasteiger partial charge on any atom is -0.385 e. The molecular formula is C6H16N2OS. The van der Waals surface area contributed by atoms with Gasteiger partial charge in [-0.2, -0.15) is 4.41 Å². The number of thiol groups is 1. The summed E-state index contributed by atoms with van der Waals surface area (Å²) in [5.41, 5.74) is 0. The fourth-order valence-corrected chi connectivity index (χ4v) is 0.838. The number of hydrogen-bond acceptors (Lipinski definition) is 4. The van der Waals surface area contributed by atoms with Crippen LogP contribution in [0.3, 0.4) is 0 Å². The number of nitrogens with zero attached hydrogens (tertiary/aromatic N) is 1. The molecule has 0 aromatic heterocycles. The normalized spacial score (nSPS) is 10.8. The van der Waals surface area contributed by atoms with E-state index in [-0.39, 0.29) is 0 Å². The molecule has 0 aliphatic heterocycles. The molecule has 0 radical (unpaired) electrons. The van der Waals surface area contributed by atoms with E-state index in [0.717, 1.165) is 32.4 Å². The molecule has 0 fully saturated rings. The first kappa shape index (κ1) is 10.2. The van der Waals surface area contributed by atoms with E-state index >= 15 is 0 Å². The van der Waals surface area contributed by atoms with Crippen LogP contribution in [0.1, 0.15) is 19.3 Å². The van der Waals surface area contributed by atoms with Crippen molar-refractivity contribution in [3.8, 4) is 0 Å². The number of ether oxygens (including phenoxy) is 1. The van der Waals surface area contributed by atoms with Gasteiger partial charge in [-0.3, -0.25) is 5.84 Å². The standard InChI is InChI=1S/C6H16N2OS/c1-9-6-4-2-3-5-8(7)10/h10H,2-7H2,1H3. The molecule has 3 nitrogen and oxygen atoms in total. The fourth-order valence-electron chi connectivity index (χ4n) is 0.697. The van der Waals surface area contributed by atoms with E-state index in [1.54, 1.807) is 7.11 Å². The molecule has 0 aromatic carbocycles. The minimum atomic E-state index is 0.840. The molecule has 0 saturated heterocycles. The van der Waals surface area contributed by atoms with E-state index in [1.165, 1.54) is 4.41 Å². The lowest BCUT2D eigenvalue weighted by molar-refractivity contribution is 0.191. The Hall–Kier alpha value is 0.230. The smallest absolute Gasteiger partial charge is 0.0462 e. The highest BCUT2D eigenvalue weighted by molar-refractivity contribution is 7.77. The summed E-state index contributed by atoms with van der Waals surface area (Å²) in [6.07, 6.45) is 3.35. The van der Waals surface area contributed by atoms with Gasteiger partial charge in [0.25, 0.3) is 0 Å². The maximum absolute atomic E-state index is 5.27. The van der Waals surface area contributed by atoms with Crippen LogP contribution >= 0.6 is 12.8 Å². The lowest BCUT2D eigenvalue weighted by Crippen LogP contribution is -2.21.